The minimum Gasteiger partial charge on any atom is -0.389 e. The number of likely N-dealkylation sites (N-methyl/N-ethyl adjacent to an activating group) is 1. The molecule has 0 spiro atoms. The second-order valence-corrected chi connectivity index (χ2v) is 4.77. The molecule has 0 aromatic carbocycles. The number of aliphatic hydroxyl groups is 1. The lowest BCUT2D eigenvalue weighted by Gasteiger charge is -2.25. The van der Waals surface area contributed by atoms with Gasteiger partial charge in [-0.2, -0.15) is 5.10 Å². The van der Waals surface area contributed by atoms with Crippen LogP contribution in [-0.2, 0) is 6.54 Å². The first-order chi connectivity index (χ1) is 7.78. The van der Waals surface area contributed by atoms with Crippen molar-refractivity contribution < 1.29 is 10.0 Å². The van der Waals surface area contributed by atoms with Crippen molar-refractivity contribution >= 4 is 5.69 Å². The number of hydrogen-bond acceptors (Lipinski definition) is 5. The van der Waals surface area contributed by atoms with Gasteiger partial charge in [-0.25, -0.2) is 0 Å². The maximum absolute atomic E-state index is 10.4. The van der Waals surface area contributed by atoms with Crippen LogP contribution in [0.4, 0.5) is 5.69 Å². The van der Waals surface area contributed by atoms with Crippen molar-refractivity contribution in [2.45, 2.75) is 26.0 Å². The van der Waals surface area contributed by atoms with Crippen molar-refractivity contribution in [2.24, 2.45) is 0 Å². The molecule has 0 unspecified atom stereocenters. The summed E-state index contributed by atoms with van der Waals surface area (Å²) >= 11 is 0. The molecule has 0 amide bonds. The number of nitrogens with zero attached hydrogens (tertiary/aromatic N) is 4. The molecule has 1 aromatic rings. The van der Waals surface area contributed by atoms with Gasteiger partial charge in [-0.15, -0.1) is 0 Å². The Bertz CT molecular complexity index is 383. The second kappa shape index (κ2) is 5.24. The predicted octanol–water partition coefficient (Wildman–Crippen LogP) is 0.494. The summed E-state index contributed by atoms with van der Waals surface area (Å²) in [6.45, 7) is 5.24. The van der Waals surface area contributed by atoms with E-state index in [2.05, 4.69) is 5.10 Å². The van der Waals surface area contributed by atoms with Gasteiger partial charge >= 0.3 is 5.69 Å². The Morgan fingerprint density at radius 3 is 2.76 bits per heavy atom. The van der Waals surface area contributed by atoms with E-state index >= 15 is 0 Å². The normalized spacial score (nSPS) is 12.1. The third kappa shape index (κ3) is 4.92. The average molecular weight is 242 g/mol. The molecule has 0 saturated carbocycles. The fourth-order valence-corrected chi connectivity index (χ4v) is 1.58. The van der Waals surface area contributed by atoms with Crippen LogP contribution < -0.4 is 0 Å². The van der Waals surface area contributed by atoms with Crippen molar-refractivity contribution in [3.05, 3.63) is 22.5 Å². The SMILES string of the molecule is CN(CCn1cc([N+](=O)[O-])cn1)CC(C)(C)O. The molecule has 1 heterocycles. The molecule has 17 heavy (non-hydrogen) atoms. The Morgan fingerprint density at radius 2 is 2.29 bits per heavy atom. The molecule has 0 saturated heterocycles. The van der Waals surface area contributed by atoms with Crippen LogP contribution in [0.15, 0.2) is 12.4 Å². The molecular formula is C10H18N4O3. The Hall–Kier alpha value is -1.47. The van der Waals surface area contributed by atoms with E-state index in [1.54, 1.807) is 13.8 Å². The fraction of sp³-hybridized carbons (Fsp3) is 0.700. The topological polar surface area (TPSA) is 84.4 Å². The molecule has 1 N–H and O–H groups in total. The maximum Gasteiger partial charge on any atom is 0.306 e. The zero-order chi connectivity index (χ0) is 13.1. The van der Waals surface area contributed by atoms with E-state index in [4.69, 9.17) is 0 Å². The first-order valence-electron chi connectivity index (χ1n) is 5.36. The number of nitro groups is 1. The van der Waals surface area contributed by atoms with Crippen LogP contribution in [0.2, 0.25) is 0 Å². The Balaban J connectivity index is 2.42. The summed E-state index contributed by atoms with van der Waals surface area (Å²) in [5.74, 6) is 0. The van der Waals surface area contributed by atoms with Gasteiger partial charge in [0.15, 0.2) is 0 Å². The van der Waals surface area contributed by atoms with Gasteiger partial charge in [0.25, 0.3) is 0 Å². The van der Waals surface area contributed by atoms with Crippen LogP contribution in [0.1, 0.15) is 13.8 Å². The van der Waals surface area contributed by atoms with E-state index in [-0.39, 0.29) is 5.69 Å². The summed E-state index contributed by atoms with van der Waals surface area (Å²) in [4.78, 5) is 11.9. The van der Waals surface area contributed by atoms with Gasteiger partial charge in [0.1, 0.15) is 12.4 Å². The molecule has 0 fully saturated rings. The van der Waals surface area contributed by atoms with Gasteiger partial charge in [0, 0.05) is 13.1 Å². The first kappa shape index (κ1) is 13.6. The quantitative estimate of drug-likeness (QED) is 0.580. The summed E-state index contributed by atoms with van der Waals surface area (Å²) in [6.07, 6.45) is 2.63. The van der Waals surface area contributed by atoms with Crippen molar-refractivity contribution in [2.75, 3.05) is 20.1 Å². The fourth-order valence-electron chi connectivity index (χ4n) is 1.58. The highest BCUT2D eigenvalue weighted by atomic mass is 16.6. The Morgan fingerprint density at radius 1 is 1.65 bits per heavy atom. The molecular weight excluding hydrogens is 224 g/mol. The molecule has 7 heteroatoms. The van der Waals surface area contributed by atoms with E-state index < -0.39 is 10.5 Å². The van der Waals surface area contributed by atoms with Gasteiger partial charge in [-0.05, 0) is 20.9 Å². The molecule has 1 aromatic heterocycles. The Kier molecular flexibility index (Phi) is 4.19. The van der Waals surface area contributed by atoms with Crippen LogP contribution in [0.25, 0.3) is 0 Å². The molecule has 0 aliphatic rings. The van der Waals surface area contributed by atoms with Gasteiger partial charge in [0.05, 0.1) is 17.1 Å². The van der Waals surface area contributed by atoms with Gasteiger partial charge < -0.3 is 10.0 Å². The van der Waals surface area contributed by atoms with Crippen molar-refractivity contribution in [3.8, 4) is 0 Å². The highest BCUT2D eigenvalue weighted by Crippen LogP contribution is 2.08. The predicted molar refractivity (Wildman–Crippen MR) is 62.7 cm³/mol. The van der Waals surface area contributed by atoms with Crippen molar-refractivity contribution in [3.63, 3.8) is 0 Å². The van der Waals surface area contributed by atoms with Gasteiger partial charge in [-0.3, -0.25) is 14.8 Å². The summed E-state index contributed by atoms with van der Waals surface area (Å²) in [6, 6.07) is 0. The Labute approximate surface area is 99.8 Å². The van der Waals surface area contributed by atoms with E-state index in [0.29, 0.717) is 19.6 Å². The third-order valence-corrected chi connectivity index (χ3v) is 2.20. The number of hydrogen-bond donors (Lipinski definition) is 1. The standard InChI is InChI=1S/C10H18N4O3/c1-10(2,15)8-12(3)4-5-13-7-9(6-11-13)14(16)17/h6-7,15H,4-5,8H2,1-3H3. The van der Waals surface area contributed by atoms with Crippen LogP contribution in [-0.4, -0.2) is 50.4 Å². The first-order valence-corrected chi connectivity index (χ1v) is 5.36. The minimum atomic E-state index is -0.745. The summed E-state index contributed by atoms with van der Waals surface area (Å²) in [5, 5.41) is 23.9. The zero-order valence-electron chi connectivity index (χ0n) is 10.3. The lowest BCUT2D eigenvalue weighted by molar-refractivity contribution is -0.385. The smallest absolute Gasteiger partial charge is 0.306 e. The molecule has 0 radical (unpaired) electrons. The second-order valence-electron chi connectivity index (χ2n) is 4.77. The zero-order valence-corrected chi connectivity index (χ0v) is 10.3. The number of aromatic nitrogens is 2. The van der Waals surface area contributed by atoms with Crippen LogP contribution >= 0.6 is 0 Å². The summed E-state index contributed by atoms with van der Waals surface area (Å²) in [7, 11) is 1.88. The van der Waals surface area contributed by atoms with E-state index in [0.717, 1.165) is 0 Å². The average Bonchev–Trinajstić information content (AvgIpc) is 2.60. The molecule has 96 valence electrons. The van der Waals surface area contributed by atoms with E-state index in [9.17, 15) is 15.2 Å². The monoisotopic (exact) mass is 242 g/mol. The van der Waals surface area contributed by atoms with Crippen LogP contribution in [0, 0.1) is 10.1 Å². The summed E-state index contributed by atoms with van der Waals surface area (Å²) in [5.41, 5.74) is -0.750. The molecule has 0 aliphatic carbocycles. The lowest BCUT2D eigenvalue weighted by atomic mass is 10.1. The van der Waals surface area contributed by atoms with E-state index in [1.807, 2.05) is 11.9 Å². The molecule has 0 atom stereocenters. The van der Waals surface area contributed by atoms with Crippen molar-refractivity contribution in [1.82, 2.24) is 14.7 Å². The largest absolute Gasteiger partial charge is 0.389 e. The van der Waals surface area contributed by atoms with Crippen LogP contribution in [0.5, 0.6) is 0 Å². The molecule has 0 aliphatic heterocycles. The highest BCUT2D eigenvalue weighted by molar-refractivity contribution is 5.20. The van der Waals surface area contributed by atoms with E-state index in [1.165, 1.54) is 17.1 Å². The van der Waals surface area contributed by atoms with Crippen LogP contribution in [0.3, 0.4) is 0 Å². The van der Waals surface area contributed by atoms with Crippen molar-refractivity contribution in [1.29, 1.82) is 0 Å². The molecule has 0 bridgehead atoms. The van der Waals surface area contributed by atoms with Gasteiger partial charge in [0.2, 0.25) is 0 Å². The molecule has 7 nitrogen and oxygen atoms in total. The third-order valence-electron chi connectivity index (χ3n) is 2.20. The maximum atomic E-state index is 10.4. The number of rotatable bonds is 6. The minimum absolute atomic E-state index is 0.00450. The lowest BCUT2D eigenvalue weighted by Crippen LogP contribution is -2.37. The molecule has 1 rings (SSSR count). The highest BCUT2D eigenvalue weighted by Gasteiger charge is 2.15. The van der Waals surface area contributed by atoms with Gasteiger partial charge in [-0.1, -0.05) is 0 Å². The summed E-state index contributed by atoms with van der Waals surface area (Å²) < 4.78 is 1.53.